The molecule has 2 N–H and O–H groups in total. The number of hydrogen-bond donors (Lipinski definition) is 2. The summed E-state index contributed by atoms with van der Waals surface area (Å²) in [5, 5.41) is 11.2. The Morgan fingerprint density at radius 2 is 2.05 bits per heavy atom. The highest BCUT2D eigenvalue weighted by atomic mass is 19.3. The molecule has 0 aliphatic heterocycles. The first-order chi connectivity index (χ1) is 9.32. The monoisotopic (exact) mass is 288 g/mol. The van der Waals surface area contributed by atoms with Crippen LogP contribution in [0.1, 0.15) is 13.8 Å². The number of hydrogen-bond acceptors (Lipinski definition) is 4. The van der Waals surface area contributed by atoms with Crippen molar-refractivity contribution in [3.8, 4) is 5.88 Å². The number of carbonyl (C=O) groups excluding carboxylic acids is 1. The summed E-state index contributed by atoms with van der Waals surface area (Å²) in [6, 6.07) is 2.70. The van der Waals surface area contributed by atoms with E-state index in [-0.39, 0.29) is 5.69 Å². The minimum absolute atomic E-state index is 0.107. The van der Waals surface area contributed by atoms with Crippen LogP contribution in [0, 0.1) is 11.8 Å². The second-order valence-corrected chi connectivity index (χ2v) is 4.28. The Labute approximate surface area is 113 Å². The number of carboxylic acids is 1. The van der Waals surface area contributed by atoms with E-state index in [1.54, 1.807) is 13.8 Å². The van der Waals surface area contributed by atoms with Gasteiger partial charge in [-0.05, 0) is 18.1 Å². The van der Waals surface area contributed by atoms with Gasteiger partial charge in [0.15, 0.2) is 0 Å². The van der Waals surface area contributed by atoms with E-state index < -0.39 is 36.2 Å². The molecule has 1 aromatic heterocycles. The van der Waals surface area contributed by atoms with E-state index >= 15 is 0 Å². The highest BCUT2D eigenvalue weighted by Gasteiger charge is 2.30. The van der Waals surface area contributed by atoms with Crippen molar-refractivity contribution in [3.05, 3.63) is 18.3 Å². The van der Waals surface area contributed by atoms with Gasteiger partial charge in [-0.1, -0.05) is 13.8 Å². The fourth-order valence-corrected chi connectivity index (χ4v) is 1.57. The largest absolute Gasteiger partial charge is 0.481 e. The van der Waals surface area contributed by atoms with E-state index in [9.17, 15) is 18.4 Å². The molecule has 1 rings (SSSR count). The van der Waals surface area contributed by atoms with Gasteiger partial charge in [0.05, 0.1) is 0 Å². The number of aromatic nitrogens is 1. The molecule has 1 unspecified atom stereocenters. The molecule has 1 atom stereocenters. The molecule has 0 radical (unpaired) electrons. The van der Waals surface area contributed by atoms with Gasteiger partial charge in [0.25, 0.3) is 0 Å². The van der Waals surface area contributed by atoms with E-state index in [1.807, 2.05) is 0 Å². The Morgan fingerprint density at radius 3 is 2.55 bits per heavy atom. The molecule has 0 saturated heterocycles. The number of anilines is 1. The lowest BCUT2D eigenvalue weighted by Gasteiger charge is -2.17. The highest BCUT2D eigenvalue weighted by molar-refractivity contribution is 6.04. The summed E-state index contributed by atoms with van der Waals surface area (Å²) in [4.78, 5) is 26.4. The van der Waals surface area contributed by atoms with E-state index in [0.29, 0.717) is 0 Å². The van der Waals surface area contributed by atoms with Gasteiger partial charge in [0, 0.05) is 6.20 Å². The van der Waals surface area contributed by atoms with Crippen molar-refractivity contribution in [2.75, 3.05) is 5.32 Å². The predicted molar refractivity (Wildman–Crippen MR) is 65.5 cm³/mol. The zero-order valence-electron chi connectivity index (χ0n) is 10.8. The molecule has 1 aromatic rings. The van der Waals surface area contributed by atoms with Gasteiger partial charge >= 0.3 is 12.6 Å². The van der Waals surface area contributed by atoms with Crippen molar-refractivity contribution in [1.29, 1.82) is 0 Å². The van der Waals surface area contributed by atoms with E-state index in [4.69, 9.17) is 5.11 Å². The molecule has 0 aliphatic carbocycles. The van der Waals surface area contributed by atoms with Crippen LogP contribution >= 0.6 is 0 Å². The maximum atomic E-state index is 12.2. The molecule has 0 saturated carbocycles. The van der Waals surface area contributed by atoms with E-state index in [1.165, 1.54) is 18.3 Å². The number of nitrogens with zero attached hydrogens (tertiary/aromatic N) is 1. The van der Waals surface area contributed by atoms with Crippen LogP contribution in [-0.2, 0) is 9.59 Å². The Kier molecular flexibility index (Phi) is 5.36. The second kappa shape index (κ2) is 6.78. The number of alkyl halides is 2. The van der Waals surface area contributed by atoms with Crippen molar-refractivity contribution in [2.24, 2.45) is 11.8 Å². The molecule has 0 bridgehead atoms. The summed E-state index contributed by atoms with van der Waals surface area (Å²) in [7, 11) is 0. The van der Waals surface area contributed by atoms with Crippen molar-refractivity contribution in [1.82, 2.24) is 4.98 Å². The van der Waals surface area contributed by atoms with Crippen LogP contribution in [0.15, 0.2) is 18.3 Å². The summed E-state index contributed by atoms with van der Waals surface area (Å²) < 4.78 is 28.5. The third-order valence-corrected chi connectivity index (χ3v) is 2.44. The Bertz CT molecular complexity index is 494. The Hall–Kier alpha value is -2.25. The Balaban J connectivity index is 2.92. The molecule has 20 heavy (non-hydrogen) atoms. The topological polar surface area (TPSA) is 88.5 Å². The summed E-state index contributed by atoms with van der Waals surface area (Å²) in [6.45, 7) is 0.0389. The summed E-state index contributed by atoms with van der Waals surface area (Å²) in [5.41, 5.74) is -0.107. The smallest absolute Gasteiger partial charge is 0.388 e. The first-order valence-electron chi connectivity index (χ1n) is 5.76. The third kappa shape index (κ3) is 4.15. The van der Waals surface area contributed by atoms with Gasteiger partial charge in [-0.3, -0.25) is 9.59 Å². The molecule has 1 heterocycles. The fourth-order valence-electron chi connectivity index (χ4n) is 1.57. The average Bonchev–Trinajstić information content (AvgIpc) is 2.29. The Morgan fingerprint density at radius 1 is 1.40 bits per heavy atom. The van der Waals surface area contributed by atoms with Crippen LogP contribution in [0.5, 0.6) is 5.88 Å². The minimum Gasteiger partial charge on any atom is -0.481 e. The first kappa shape index (κ1) is 15.8. The molecule has 0 fully saturated rings. The normalized spacial score (nSPS) is 12.3. The van der Waals surface area contributed by atoms with Crippen molar-refractivity contribution in [2.45, 2.75) is 20.5 Å². The number of rotatable bonds is 6. The molecule has 0 aliphatic rings. The number of carboxylic acid groups (broad SMARTS) is 1. The SMILES string of the molecule is CC(C)C(C(=O)O)C(=O)Nc1cccnc1OC(F)F. The summed E-state index contributed by atoms with van der Waals surface area (Å²) >= 11 is 0. The van der Waals surface area contributed by atoms with E-state index in [2.05, 4.69) is 15.0 Å². The van der Waals surface area contributed by atoms with Crippen molar-refractivity contribution < 1.29 is 28.2 Å². The average molecular weight is 288 g/mol. The van der Waals surface area contributed by atoms with Crippen LogP contribution in [-0.4, -0.2) is 28.6 Å². The van der Waals surface area contributed by atoms with Crippen LogP contribution < -0.4 is 10.1 Å². The van der Waals surface area contributed by atoms with Crippen molar-refractivity contribution in [3.63, 3.8) is 0 Å². The zero-order valence-corrected chi connectivity index (χ0v) is 10.8. The van der Waals surface area contributed by atoms with Crippen LogP contribution in [0.4, 0.5) is 14.5 Å². The maximum absolute atomic E-state index is 12.2. The number of carbonyl (C=O) groups is 2. The van der Waals surface area contributed by atoms with Gasteiger partial charge in [0.1, 0.15) is 11.6 Å². The number of ether oxygens (including phenoxy) is 1. The maximum Gasteiger partial charge on any atom is 0.388 e. The minimum atomic E-state index is -3.10. The standard InChI is InChI=1S/C12H14F2N2O4/c1-6(2)8(11(18)19)9(17)16-7-4-3-5-15-10(7)20-12(13)14/h3-6,8,12H,1-2H3,(H,16,17)(H,18,19). The van der Waals surface area contributed by atoms with Gasteiger partial charge in [-0.15, -0.1) is 0 Å². The van der Waals surface area contributed by atoms with Crippen molar-refractivity contribution >= 4 is 17.6 Å². The molecule has 0 spiro atoms. The quantitative estimate of drug-likeness (QED) is 0.781. The molecular weight excluding hydrogens is 274 g/mol. The second-order valence-electron chi connectivity index (χ2n) is 4.28. The molecular formula is C12H14F2N2O4. The molecule has 0 aromatic carbocycles. The number of nitrogens with one attached hydrogen (secondary N) is 1. The molecule has 1 amide bonds. The van der Waals surface area contributed by atoms with E-state index in [0.717, 1.165) is 0 Å². The highest BCUT2D eigenvalue weighted by Crippen LogP contribution is 2.24. The summed E-state index contributed by atoms with van der Waals surface area (Å²) in [5.74, 6) is -4.33. The van der Waals surface area contributed by atoms with Crippen LogP contribution in [0.25, 0.3) is 0 Å². The zero-order chi connectivity index (χ0) is 15.3. The number of aliphatic carboxylic acids is 1. The van der Waals surface area contributed by atoms with Gasteiger partial charge in [-0.25, -0.2) is 4.98 Å². The lowest BCUT2D eigenvalue weighted by Crippen LogP contribution is -2.33. The molecule has 6 nitrogen and oxygen atoms in total. The molecule has 8 heteroatoms. The predicted octanol–water partition coefficient (Wildman–Crippen LogP) is 1.98. The lowest BCUT2D eigenvalue weighted by molar-refractivity contribution is -0.147. The van der Waals surface area contributed by atoms with Gasteiger partial charge in [-0.2, -0.15) is 8.78 Å². The fraction of sp³-hybridized carbons (Fsp3) is 0.417. The third-order valence-electron chi connectivity index (χ3n) is 2.44. The number of halogens is 2. The summed E-state index contributed by atoms with van der Waals surface area (Å²) in [6.07, 6.45) is 1.21. The first-order valence-corrected chi connectivity index (χ1v) is 5.76. The van der Waals surface area contributed by atoms with Gasteiger partial charge in [0.2, 0.25) is 11.8 Å². The lowest BCUT2D eigenvalue weighted by atomic mass is 9.95. The van der Waals surface area contributed by atoms with Crippen LogP contribution in [0.2, 0.25) is 0 Å². The number of amides is 1. The van der Waals surface area contributed by atoms with Gasteiger partial charge < -0.3 is 15.2 Å². The number of pyridine rings is 1. The molecule has 110 valence electrons. The van der Waals surface area contributed by atoms with Crippen LogP contribution in [0.3, 0.4) is 0 Å².